The van der Waals surface area contributed by atoms with E-state index in [-0.39, 0.29) is 5.91 Å². The van der Waals surface area contributed by atoms with Crippen molar-refractivity contribution in [2.75, 3.05) is 0 Å². The summed E-state index contributed by atoms with van der Waals surface area (Å²) < 4.78 is 1.21. The maximum absolute atomic E-state index is 12.3. The van der Waals surface area contributed by atoms with E-state index in [1.165, 1.54) is 36.8 Å². The third-order valence-electron chi connectivity index (χ3n) is 4.84. The summed E-state index contributed by atoms with van der Waals surface area (Å²) in [4.78, 5) is 16.9. The molecule has 1 aromatic carbocycles. The van der Waals surface area contributed by atoms with Gasteiger partial charge < -0.3 is 5.32 Å². The largest absolute Gasteiger partial charge is 0.353 e. The monoisotopic (exact) mass is 330 g/mol. The molecule has 0 spiro atoms. The number of carbonyl (C=O) groups is 1. The van der Waals surface area contributed by atoms with E-state index in [4.69, 9.17) is 0 Å². The normalized spacial score (nSPS) is 20.9. The number of nitrogens with one attached hydrogen (secondary N) is 1. The molecular weight excluding hydrogens is 304 g/mol. The number of benzene rings is 1. The van der Waals surface area contributed by atoms with Crippen molar-refractivity contribution in [2.24, 2.45) is 5.92 Å². The van der Waals surface area contributed by atoms with Crippen LogP contribution in [-0.2, 0) is 11.2 Å². The molecule has 1 fully saturated rings. The fourth-order valence-corrected chi connectivity index (χ4v) is 4.53. The van der Waals surface area contributed by atoms with Crippen LogP contribution >= 0.6 is 11.3 Å². The lowest BCUT2D eigenvalue weighted by atomic mass is 9.96. The molecule has 3 nitrogen and oxygen atoms in total. The van der Waals surface area contributed by atoms with Crippen molar-refractivity contribution in [1.82, 2.24) is 10.3 Å². The Hall–Kier alpha value is -1.42. The Morgan fingerprint density at radius 3 is 3.04 bits per heavy atom. The lowest BCUT2D eigenvalue weighted by Gasteiger charge is -2.20. The van der Waals surface area contributed by atoms with Crippen LogP contribution in [0.5, 0.6) is 0 Å². The maximum Gasteiger partial charge on any atom is 0.220 e. The number of fused-ring (bicyclic) bond motifs is 1. The van der Waals surface area contributed by atoms with Gasteiger partial charge in [0.05, 0.1) is 15.2 Å². The first-order valence-corrected chi connectivity index (χ1v) is 9.71. The van der Waals surface area contributed by atoms with Crippen molar-refractivity contribution in [3.05, 3.63) is 29.3 Å². The average Bonchev–Trinajstić information content (AvgIpc) is 3.17. The highest BCUT2D eigenvalue weighted by Gasteiger charge is 2.27. The molecule has 1 aliphatic carbocycles. The van der Waals surface area contributed by atoms with Gasteiger partial charge in [-0.25, -0.2) is 4.98 Å². The molecule has 0 radical (unpaired) electrons. The van der Waals surface area contributed by atoms with Crippen LogP contribution in [0.1, 0.15) is 56.9 Å². The molecule has 0 bridgehead atoms. The smallest absolute Gasteiger partial charge is 0.220 e. The van der Waals surface area contributed by atoms with Gasteiger partial charge in [-0.05, 0) is 37.3 Å². The van der Waals surface area contributed by atoms with E-state index in [1.807, 2.05) is 18.2 Å². The van der Waals surface area contributed by atoms with Crippen molar-refractivity contribution in [3.8, 4) is 0 Å². The Labute approximate surface area is 142 Å². The molecule has 2 atom stereocenters. The Morgan fingerprint density at radius 2 is 2.22 bits per heavy atom. The SMILES string of the molecule is CCCCC1CCCC1NC(=O)CCc1nc2ccccc2s1. The summed E-state index contributed by atoms with van der Waals surface area (Å²) in [6, 6.07) is 8.58. The van der Waals surface area contributed by atoms with Crippen molar-refractivity contribution >= 4 is 27.5 Å². The minimum absolute atomic E-state index is 0.192. The van der Waals surface area contributed by atoms with E-state index in [2.05, 4.69) is 23.3 Å². The molecule has 2 aromatic rings. The van der Waals surface area contributed by atoms with Crippen LogP contribution < -0.4 is 5.32 Å². The zero-order valence-electron chi connectivity index (χ0n) is 13.9. The van der Waals surface area contributed by atoms with Gasteiger partial charge in [-0.2, -0.15) is 0 Å². The van der Waals surface area contributed by atoms with E-state index in [1.54, 1.807) is 11.3 Å². The third-order valence-corrected chi connectivity index (χ3v) is 5.93. The molecule has 1 heterocycles. The van der Waals surface area contributed by atoms with Crippen LogP contribution in [0.25, 0.3) is 10.2 Å². The van der Waals surface area contributed by atoms with E-state index in [0.717, 1.165) is 23.4 Å². The molecule has 1 N–H and O–H groups in total. The van der Waals surface area contributed by atoms with E-state index in [0.29, 0.717) is 18.4 Å². The van der Waals surface area contributed by atoms with Crippen molar-refractivity contribution in [3.63, 3.8) is 0 Å². The van der Waals surface area contributed by atoms with E-state index < -0.39 is 0 Å². The molecule has 23 heavy (non-hydrogen) atoms. The Balaban J connectivity index is 1.49. The lowest BCUT2D eigenvalue weighted by molar-refractivity contribution is -0.122. The first-order chi connectivity index (χ1) is 11.3. The molecule has 1 aliphatic rings. The summed E-state index contributed by atoms with van der Waals surface area (Å²) in [5, 5.41) is 4.34. The summed E-state index contributed by atoms with van der Waals surface area (Å²) in [6.07, 6.45) is 8.78. The second kappa shape index (κ2) is 7.91. The zero-order chi connectivity index (χ0) is 16.1. The second-order valence-corrected chi connectivity index (χ2v) is 7.70. The molecule has 2 unspecified atom stereocenters. The molecule has 124 valence electrons. The van der Waals surface area contributed by atoms with Crippen LogP contribution in [0.4, 0.5) is 0 Å². The Morgan fingerprint density at radius 1 is 1.35 bits per heavy atom. The maximum atomic E-state index is 12.3. The standard InChI is InChI=1S/C19H26N2OS/c1-2-3-7-14-8-6-10-15(14)20-18(22)12-13-19-21-16-9-4-5-11-17(16)23-19/h4-5,9,11,14-15H,2-3,6-8,10,12-13H2,1H3,(H,20,22). The quantitative estimate of drug-likeness (QED) is 0.799. The Bertz CT molecular complexity index is 619. The molecule has 1 saturated carbocycles. The summed E-state index contributed by atoms with van der Waals surface area (Å²) in [5.74, 6) is 0.888. The van der Waals surface area contributed by atoms with Gasteiger partial charge in [0.15, 0.2) is 0 Å². The highest BCUT2D eigenvalue weighted by molar-refractivity contribution is 7.18. The summed E-state index contributed by atoms with van der Waals surface area (Å²) in [7, 11) is 0. The number of aromatic nitrogens is 1. The molecule has 1 aromatic heterocycles. The minimum atomic E-state index is 0.192. The average molecular weight is 330 g/mol. The van der Waals surface area contributed by atoms with Crippen molar-refractivity contribution in [1.29, 1.82) is 0 Å². The van der Waals surface area contributed by atoms with E-state index in [9.17, 15) is 4.79 Å². The van der Waals surface area contributed by atoms with Gasteiger partial charge >= 0.3 is 0 Å². The van der Waals surface area contributed by atoms with Crippen LogP contribution in [0.15, 0.2) is 24.3 Å². The molecule has 4 heteroatoms. The summed E-state index contributed by atoms with van der Waals surface area (Å²) >= 11 is 1.70. The molecule has 0 saturated heterocycles. The molecule has 3 rings (SSSR count). The molecular formula is C19H26N2OS. The Kier molecular flexibility index (Phi) is 5.65. The number of para-hydroxylation sites is 1. The van der Waals surface area contributed by atoms with Crippen LogP contribution in [0.2, 0.25) is 0 Å². The predicted octanol–water partition coefficient (Wildman–Crippen LogP) is 4.70. The van der Waals surface area contributed by atoms with Gasteiger partial charge in [-0.3, -0.25) is 4.79 Å². The number of unbranched alkanes of at least 4 members (excludes halogenated alkanes) is 1. The minimum Gasteiger partial charge on any atom is -0.353 e. The zero-order valence-corrected chi connectivity index (χ0v) is 14.7. The summed E-state index contributed by atoms with van der Waals surface area (Å²) in [5.41, 5.74) is 1.04. The first-order valence-electron chi connectivity index (χ1n) is 8.90. The third kappa shape index (κ3) is 4.31. The van der Waals surface area contributed by atoms with Crippen LogP contribution in [-0.4, -0.2) is 16.9 Å². The number of thiazole rings is 1. The fourth-order valence-electron chi connectivity index (χ4n) is 3.56. The highest BCUT2D eigenvalue weighted by Crippen LogP contribution is 2.30. The lowest BCUT2D eigenvalue weighted by Crippen LogP contribution is -2.37. The predicted molar refractivity (Wildman–Crippen MR) is 96.7 cm³/mol. The number of rotatable bonds is 7. The number of aryl methyl sites for hydroxylation is 1. The van der Waals surface area contributed by atoms with Gasteiger partial charge in [0.1, 0.15) is 0 Å². The van der Waals surface area contributed by atoms with Gasteiger partial charge in [0.25, 0.3) is 0 Å². The van der Waals surface area contributed by atoms with Crippen molar-refractivity contribution in [2.45, 2.75) is 64.3 Å². The molecule has 0 aliphatic heterocycles. The highest BCUT2D eigenvalue weighted by atomic mass is 32.1. The van der Waals surface area contributed by atoms with Gasteiger partial charge in [0.2, 0.25) is 5.91 Å². The first kappa shape index (κ1) is 16.4. The van der Waals surface area contributed by atoms with Crippen molar-refractivity contribution < 1.29 is 4.79 Å². The topological polar surface area (TPSA) is 42.0 Å². The second-order valence-electron chi connectivity index (χ2n) is 6.58. The fraction of sp³-hybridized carbons (Fsp3) is 0.579. The number of nitrogens with zero attached hydrogens (tertiary/aromatic N) is 1. The number of carbonyl (C=O) groups excluding carboxylic acids is 1. The van der Waals surface area contributed by atoms with Gasteiger partial charge in [0, 0.05) is 18.9 Å². The van der Waals surface area contributed by atoms with Crippen LogP contribution in [0.3, 0.4) is 0 Å². The number of amides is 1. The number of hydrogen-bond acceptors (Lipinski definition) is 3. The van der Waals surface area contributed by atoms with Crippen LogP contribution in [0, 0.1) is 5.92 Å². The van der Waals surface area contributed by atoms with Gasteiger partial charge in [-0.1, -0.05) is 38.3 Å². The number of hydrogen-bond donors (Lipinski definition) is 1. The summed E-state index contributed by atoms with van der Waals surface area (Å²) in [6.45, 7) is 2.24. The van der Waals surface area contributed by atoms with E-state index >= 15 is 0 Å². The van der Waals surface area contributed by atoms with Gasteiger partial charge in [-0.15, -0.1) is 11.3 Å². The molecule has 1 amide bonds.